The maximum atomic E-state index is 12.8. The molecule has 1 aliphatic rings. The lowest BCUT2D eigenvalue weighted by Gasteiger charge is -2.22. The number of carbonyl (C=O) groups is 1. The Bertz CT molecular complexity index is 840. The van der Waals surface area contributed by atoms with Crippen LogP contribution in [0.3, 0.4) is 0 Å². The Morgan fingerprint density at radius 3 is 2.92 bits per heavy atom. The third kappa shape index (κ3) is 3.45. The number of rotatable bonds is 2. The van der Waals surface area contributed by atoms with Crippen molar-refractivity contribution in [2.24, 2.45) is 0 Å². The number of anilines is 1. The molecule has 0 saturated carbocycles. The molecule has 2 aromatic rings. The van der Waals surface area contributed by atoms with Crippen molar-refractivity contribution in [2.75, 3.05) is 11.4 Å². The van der Waals surface area contributed by atoms with Gasteiger partial charge in [-0.15, -0.1) is 11.8 Å². The second-order valence-corrected chi connectivity index (χ2v) is 7.76. The van der Waals surface area contributed by atoms with Crippen molar-refractivity contribution < 1.29 is 4.79 Å². The first-order valence-corrected chi connectivity index (χ1v) is 9.08. The molecule has 1 aromatic carbocycles. The number of fused-ring (bicyclic) bond motifs is 1. The van der Waals surface area contributed by atoms with E-state index in [4.69, 9.17) is 23.2 Å². The van der Waals surface area contributed by atoms with Gasteiger partial charge in [-0.2, -0.15) is 5.10 Å². The third-order valence-corrected chi connectivity index (χ3v) is 5.76. The van der Waals surface area contributed by atoms with Crippen molar-refractivity contribution in [1.82, 2.24) is 9.78 Å². The first kappa shape index (κ1) is 17.3. The summed E-state index contributed by atoms with van der Waals surface area (Å²) in [5.41, 5.74) is 0.299. The molecule has 0 saturated heterocycles. The third-order valence-electron chi connectivity index (χ3n) is 3.77. The first-order chi connectivity index (χ1) is 11.5. The zero-order valence-electron chi connectivity index (χ0n) is 12.9. The fourth-order valence-electron chi connectivity index (χ4n) is 2.52. The summed E-state index contributed by atoms with van der Waals surface area (Å²) in [6.07, 6.45) is 2.14. The zero-order valence-corrected chi connectivity index (χ0v) is 15.2. The summed E-state index contributed by atoms with van der Waals surface area (Å²) in [6, 6.07) is 7.78. The second-order valence-electron chi connectivity index (χ2n) is 5.50. The van der Waals surface area contributed by atoms with Gasteiger partial charge < -0.3 is 4.90 Å². The summed E-state index contributed by atoms with van der Waals surface area (Å²) in [5.74, 6) is -0.204. The number of carbonyl (C=O) groups excluding carboxylic acids is 1. The van der Waals surface area contributed by atoms with Crippen molar-refractivity contribution in [2.45, 2.75) is 30.0 Å². The van der Waals surface area contributed by atoms with E-state index in [2.05, 4.69) is 12.0 Å². The molecule has 1 amide bonds. The average molecular weight is 384 g/mol. The zero-order chi connectivity index (χ0) is 17.3. The van der Waals surface area contributed by atoms with Gasteiger partial charge in [0, 0.05) is 16.7 Å². The molecule has 0 radical (unpaired) electrons. The minimum atomic E-state index is -0.566. The standard InChI is InChI=1S/C16H15Cl2N3O2S/c1-10-6-7-20(12-4-2-3-5-13(12)24-10)14(22)9-21-16(23)15(18)11(17)8-19-21/h2-5,8,10H,6-7,9H2,1H3/t10-/m0/s1. The summed E-state index contributed by atoms with van der Waals surface area (Å²) in [5, 5.41) is 4.27. The van der Waals surface area contributed by atoms with Crippen molar-refractivity contribution >= 4 is 46.6 Å². The number of halogens is 2. The predicted octanol–water partition coefficient (Wildman–Crippen LogP) is 3.47. The maximum Gasteiger partial charge on any atom is 0.287 e. The number of amides is 1. The van der Waals surface area contributed by atoms with Crippen LogP contribution in [0.1, 0.15) is 13.3 Å². The lowest BCUT2D eigenvalue weighted by molar-refractivity contribution is -0.119. The molecule has 2 heterocycles. The van der Waals surface area contributed by atoms with Crippen LogP contribution in [-0.4, -0.2) is 27.5 Å². The molecule has 1 aliphatic heterocycles. The molecule has 1 aromatic heterocycles. The number of thioether (sulfide) groups is 1. The molecular formula is C16H15Cl2N3O2S. The summed E-state index contributed by atoms with van der Waals surface area (Å²) in [4.78, 5) is 27.6. The SMILES string of the molecule is C[C@H]1CCN(C(=O)Cn2ncc(Cl)c(Cl)c2=O)c2ccccc2S1. The highest BCUT2D eigenvalue weighted by molar-refractivity contribution is 8.00. The number of para-hydroxylation sites is 1. The molecule has 24 heavy (non-hydrogen) atoms. The van der Waals surface area contributed by atoms with Crippen LogP contribution in [0, 0.1) is 0 Å². The van der Waals surface area contributed by atoms with Crippen molar-refractivity contribution in [3.63, 3.8) is 0 Å². The Balaban J connectivity index is 1.90. The molecular weight excluding hydrogens is 369 g/mol. The van der Waals surface area contributed by atoms with E-state index >= 15 is 0 Å². The molecule has 0 aliphatic carbocycles. The van der Waals surface area contributed by atoms with E-state index in [1.807, 2.05) is 24.3 Å². The Morgan fingerprint density at radius 1 is 1.38 bits per heavy atom. The Hall–Kier alpha value is -1.50. The van der Waals surface area contributed by atoms with Crippen molar-refractivity contribution in [1.29, 1.82) is 0 Å². The lowest BCUT2D eigenvalue weighted by atomic mass is 10.2. The highest BCUT2D eigenvalue weighted by Gasteiger charge is 2.25. The number of hydrogen-bond acceptors (Lipinski definition) is 4. The van der Waals surface area contributed by atoms with Crippen LogP contribution in [-0.2, 0) is 11.3 Å². The van der Waals surface area contributed by atoms with Gasteiger partial charge in [-0.05, 0) is 18.6 Å². The Labute approximate surface area is 153 Å². The van der Waals surface area contributed by atoms with Gasteiger partial charge in [0.05, 0.1) is 16.9 Å². The summed E-state index contributed by atoms with van der Waals surface area (Å²) in [6.45, 7) is 2.56. The molecule has 0 spiro atoms. The minimum absolute atomic E-state index is 0.0794. The van der Waals surface area contributed by atoms with Gasteiger partial charge in [-0.3, -0.25) is 9.59 Å². The van der Waals surface area contributed by atoms with Crippen LogP contribution in [0.15, 0.2) is 40.2 Å². The molecule has 0 N–H and O–H groups in total. The highest BCUT2D eigenvalue weighted by Crippen LogP contribution is 2.37. The molecule has 0 unspecified atom stereocenters. The van der Waals surface area contributed by atoms with Crippen molar-refractivity contribution in [3.05, 3.63) is 50.9 Å². The van der Waals surface area contributed by atoms with Crippen LogP contribution in [0.2, 0.25) is 10.0 Å². The Morgan fingerprint density at radius 2 is 2.12 bits per heavy atom. The number of nitrogens with zero attached hydrogens (tertiary/aromatic N) is 3. The summed E-state index contributed by atoms with van der Waals surface area (Å²) in [7, 11) is 0. The molecule has 0 bridgehead atoms. The van der Waals surface area contributed by atoms with Gasteiger partial charge in [-0.25, -0.2) is 4.68 Å². The summed E-state index contributed by atoms with van der Waals surface area (Å²) < 4.78 is 1.04. The Kier molecular flexibility index (Phi) is 5.18. The fraction of sp³-hybridized carbons (Fsp3) is 0.312. The molecule has 8 heteroatoms. The van der Waals surface area contributed by atoms with E-state index in [0.717, 1.165) is 21.7 Å². The average Bonchev–Trinajstić information content (AvgIpc) is 2.73. The van der Waals surface area contributed by atoms with Gasteiger partial charge in [-0.1, -0.05) is 42.3 Å². The largest absolute Gasteiger partial charge is 0.310 e. The van der Waals surface area contributed by atoms with Gasteiger partial charge >= 0.3 is 0 Å². The van der Waals surface area contributed by atoms with Crippen LogP contribution in [0.5, 0.6) is 0 Å². The number of benzene rings is 1. The molecule has 5 nitrogen and oxygen atoms in total. The van der Waals surface area contributed by atoms with Crippen LogP contribution < -0.4 is 10.5 Å². The topological polar surface area (TPSA) is 55.2 Å². The molecule has 126 valence electrons. The van der Waals surface area contributed by atoms with Gasteiger partial charge in [0.25, 0.3) is 5.56 Å². The second kappa shape index (κ2) is 7.17. The summed E-state index contributed by atoms with van der Waals surface area (Å²) >= 11 is 13.4. The van der Waals surface area contributed by atoms with E-state index in [1.54, 1.807) is 16.7 Å². The van der Waals surface area contributed by atoms with Crippen LogP contribution in [0.4, 0.5) is 5.69 Å². The van der Waals surface area contributed by atoms with E-state index in [9.17, 15) is 9.59 Å². The van der Waals surface area contributed by atoms with Gasteiger partial charge in [0.1, 0.15) is 11.6 Å². The number of aromatic nitrogens is 2. The van der Waals surface area contributed by atoms with E-state index in [0.29, 0.717) is 11.8 Å². The van der Waals surface area contributed by atoms with Gasteiger partial charge in [0.15, 0.2) is 0 Å². The smallest absolute Gasteiger partial charge is 0.287 e. The normalized spacial score (nSPS) is 17.3. The van der Waals surface area contributed by atoms with Crippen LogP contribution >= 0.6 is 35.0 Å². The first-order valence-electron chi connectivity index (χ1n) is 7.44. The monoisotopic (exact) mass is 383 g/mol. The van der Waals surface area contributed by atoms with Crippen molar-refractivity contribution in [3.8, 4) is 0 Å². The number of hydrogen-bond donors (Lipinski definition) is 0. The molecule has 1 atom stereocenters. The minimum Gasteiger partial charge on any atom is -0.310 e. The molecule has 3 rings (SSSR count). The molecule has 0 fully saturated rings. The van der Waals surface area contributed by atoms with E-state index in [1.165, 1.54) is 6.20 Å². The fourth-order valence-corrected chi connectivity index (χ4v) is 3.90. The van der Waals surface area contributed by atoms with Crippen LogP contribution in [0.25, 0.3) is 0 Å². The van der Waals surface area contributed by atoms with E-state index < -0.39 is 5.56 Å². The highest BCUT2D eigenvalue weighted by atomic mass is 35.5. The predicted molar refractivity (Wildman–Crippen MR) is 97.2 cm³/mol. The quantitative estimate of drug-likeness (QED) is 0.796. The maximum absolute atomic E-state index is 12.8. The van der Waals surface area contributed by atoms with Gasteiger partial charge in [0.2, 0.25) is 5.91 Å². The lowest BCUT2D eigenvalue weighted by Crippen LogP contribution is -2.38. The van der Waals surface area contributed by atoms with E-state index in [-0.39, 0.29) is 22.5 Å².